The fourth-order valence-electron chi connectivity index (χ4n) is 1.09. The number of aliphatic hydroxyl groups excluding tert-OH is 1. The van der Waals surface area contributed by atoms with Gasteiger partial charge in [-0.25, -0.2) is 13.8 Å². The van der Waals surface area contributed by atoms with Crippen LogP contribution >= 0.6 is 0 Å². The predicted octanol–water partition coefficient (Wildman–Crippen LogP) is 0.965. The summed E-state index contributed by atoms with van der Waals surface area (Å²) in [4.78, 5) is 3.45. The number of hydrogen-bond donors (Lipinski definition) is 2. The Labute approximate surface area is 78.6 Å². The summed E-state index contributed by atoms with van der Waals surface area (Å²) in [5.74, 6) is -0.0602. The molecule has 0 fully saturated rings. The van der Waals surface area contributed by atoms with Crippen molar-refractivity contribution in [2.45, 2.75) is 13.0 Å². The average molecular weight is 199 g/mol. The fraction of sp³-hybridized carbons (Fsp3) is 0.250. The van der Waals surface area contributed by atoms with Gasteiger partial charge in [-0.2, -0.15) is 5.26 Å². The van der Waals surface area contributed by atoms with Gasteiger partial charge in [0.1, 0.15) is 11.9 Å². The predicted molar refractivity (Wildman–Crippen MR) is 44.2 cm³/mol. The third-order valence-electron chi connectivity index (χ3n) is 1.66. The van der Waals surface area contributed by atoms with Crippen molar-refractivity contribution in [3.63, 3.8) is 0 Å². The molecule has 0 spiro atoms. The van der Waals surface area contributed by atoms with E-state index in [1.54, 1.807) is 0 Å². The summed E-state index contributed by atoms with van der Waals surface area (Å²) in [6, 6.07) is 2.64. The lowest BCUT2D eigenvalue weighted by Gasteiger charge is -2.08. The summed E-state index contributed by atoms with van der Waals surface area (Å²) in [6.07, 6.45) is -2.85. The van der Waals surface area contributed by atoms with Crippen molar-refractivity contribution in [1.82, 2.24) is 4.98 Å². The smallest absolute Gasteiger partial charge is 0.267 e. The maximum absolute atomic E-state index is 12.5. The first-order valence-corrected chi connectivity index (χ1v) is 3.68. The zero-order valence-corrected chi connectivity index (χ0v) is 7.04. The number of rotatable bonds is 2. The molecule has 6 heteroatoms. The van der Waals surface area contributed by atoms with Gasteiger partial charge < -0.3 is 10.8 Å². The third kappa shape index (κ3) is 1.78. The molecule has 0 bridgehead atoms. The second kappa shape index (κ2) is 3.98. The van der Waals surface area contributed by atoms with Crippen molar-refractivity contribution >= 4 is 5.82 Å². The van der Waals surface area contributed by atoms with Crippen LogP contribution in [0.1, 0.15) is 23.2 Å². The minimum Gasteiger partial charge on any atom is -0.392 e. The second-order valence-corrected chi connectivity index (χ2v) is 2.54. The number of halogens is 2. The number of anilines is 1. The molecular weight excluding hydrogens is 192 g/mol. The summed E-state index contributed by atoms with van der Waals surface area (Å²) in [5, 5.41) is 17.3. The molecule has 1 aromatic rings. The molecule has 1 rings (SSSR count). The van der Waals surface area contributed by atoms with Crippen molar-refractivity contribution in [2.75, 3.05) is 5.73 Å². The number of nitrogen functional groups attached to an aromatic ring is 1. The van der Waals surface area contributed by atoms with Crippen molar-refractivity contribution in [1.29, 1.82) is 5.26 Å². The number of alkyl halides is 2. The Balaban J connectivity index is 3.42. The van der Waals surface area contributed by atoms with Crippen LogP contribution in [0.2, 0.25) is 0 Å². The van der Waals surface area contributed by atoms with E-state index < -0.39 is 24.3 Å². The molecule has 0 saturated carbocycles. The molecule has 0 aliphatic heterocycles. The molecule has 0 unspecified atom stereocenters. The quantitative estimate of drug-likeness (QED) is 0.743. The fourth-order valence-corrected chi connectivity index (χ4v) is 1.09. The van der Waals surface area contributed by atoms with E-state index in [9.17, 15) is 8.78 Å². The number of aliphatic hydroxyl groups is 1. The van der Waals surface area contributed by atoms with Gasteiger partial charge >= 0.3 is 0 Å². The number of nitrogens with zero attached hydrogens (tertiary/aromatic N) is 2. The molecule has 0 aliphatic rings. The molecule has 0 aromatic carbocycles. The van der Waals surface area contributed by atoms with E-state index >= 15 is 0 Å². The molecular formula is C8H7F2N3O. The normalized spacial score (nSPS) is 10.2. The van der Waals surface area contributed by atoms with Gasteiger partial charge in [-0.3, -0.25) is 0 Å². The van der Waals surface area contributed by atoms with E-state index in [0.717, 1.165) is 6.07 Å². The van der Waals surface area contributed by atoms with Crippen molar-refractivity contribution in [2.24, 2.45) is 0 Å². The molecule has 1 aromatic heterocycles. The van der Waals surface area contributed by atoms with E-state index in [-0.39, 0.29) is 11.4 Å². The average Bonchev–Trinajstić information content (AvgIpc) is 2.15. The minimum atomic E-state index is -2.85. The van der Waals surface area contributed by atoms with Crippen LogP contribution in [0.25, 0.3) is 0 Å². The molecule has 0 aliphatic carbocycles. The maximum Gasteiger partial charge on any atom is 0.267 e. The van der Waals surface area contributed by atoms with Crippen LogP contribution in [0, 0.1) is 11.3 Å². The van der Waals surface area contributed by atoms with Crippen LogP contribution in [-0.2, 0) is 6.61 Å². The van der Waals surface area contributed by atoms with E-state index in [2.05, 4.69) is 4.98 Å². The number of nitrogens with two attached hydrogens (primary N) is 1. The minimum absolute atomic E-state index is 0.0602. The van der Waals surface area contributed by atoms with Crippen LogP contribution in [0.5, 0.6) is 0 Å². The zero-order chi connectivity index (χ0) is 10.7. The van der Waals surface area contributed by atoms with Gasteiger partial charge in [0.05, 0.1) is 12.2 Å². The third-order valence-corrected chi connectivity index (χ3v) is 1.66. The standard InChI is InChI=1S/C8H7F2N3O/c9-8(10)7-4(3-14)1-6(12)13-5(7)2-11/h1,8,14H,3H2,(H2,12,13). The molecule has 0 amide bonds. The first-order chi connectivity index (χ1) is 6.60. The highest BCUT2D eigenvalue weighted by atomic mass is 19.3. The molecule has 1 heterocycles. The van der Waals surface area contributed by atoms with Gasteiger partial charge in [-0.15, -0.1) is 0 Å². The van der Waals surface area contributed by atoms with E-state index in [1.807, 2.05) is 0 Å². The molecule has 14 heavy (non-hydrogen) atoms. The summed E-state index contributed by atoms with van der Waals surface area (Å²) < 4.78 is 24.9. The number of nitriles is 1. The SMILES string of the molecule is N#Cc1nc(N)cc(CO)c1C(F)F. The van der Waals surface area contributed by atoms with Crippen LogP contribution in [-0.4, -0.2) is 10.1 Å². The Morgan fingerprint density at radius 2 is 2.29 bits per heavy atom. The van der Waals surface area contributed by atoms with Crippen molar-refractivity contribution < 1.29 is 13.9 Å². The molecule has 0 saturated heterocycles. The zero-order valence-electron chi connectivity index (χ0n) is 7.04. The monoisotopic (exact) mass is 199 g/mol. The highest BCUT2D eigenvalue weighted by molar-refractivity contribution is 5.46. The maximum atomic E-state index is 12.5. The number of aromatic nitrogens is 1. The summed E-state index contributed by atoms with van der Waals surface area (Å²) in [5.41, 5.74) is 4.20. The van der Waals surface area contributed by atoms with E-state index in [4.69, 9.17) is 16.1 Å². The Morgan fingerprint density at radius 1 is 1.64 bits per heavy atom. The molecule has 0 radical (unpaired) electrons. The lowest BCUT2D eigenvalue weighted by molar-refractivity contribution is 0.146. The van der Waals surface area contributed by atoms with Gasteiger partial charge in [0.2, 0.25) is 0 Å². The van der Waals surface area contributed by atoms with Gasteiger partial charge in [0.15, 0.2) is 5.69 Å². The highest BCUT2D eigenvalue weighted by Gasteiger charge is 2.19. The molecule has 3 N–H and O–H groups in total. The number of pyridine rings is 1. The lowest BCUT2D eigenvalue weighted by atomic mass is 10.1. The Bertz CT molecular complexity index is 387. The summed E-state index contributed by atoms with van der Waals surface area (Å²) in [6.45, 7) is -0.596. The Kier molecular flexibility index (Phi) is 2.94. The van der Waals surface area contributed by atoms with Crippen LogP contribution < -0.4 is 5.73 Å². The van der Waals surface area contributed by atoms with Crippen LogP contribution in [0.4, 0.5) is 14.6 Å². The van der Waals surface area contributed by atoms with Gasteiger partial charge in [0, 0.05) is 0 Å². The lowest BCUT2D eigenvalue weighted by Crippen LogP contribution is -2.04. The first kappa shape index (κ1) is 10.3. The van der Waals surface area contributed by atoms with E-state index in [0.29, 0.717) is 0 Å². The van der Waals surface area contributed by atoms with Crippen molar-refractivity contribution in [3.05, 3.63) is 22.9 Å². The molecule has 4 nitrogen and oxygen atoms in total. The van der Waals surface area contributed by atoms with Gasteiger partial charge in [-0.1, -0.05) is 0 Å². The largest absolute Gasteiger partial charge is 0.392 e. The topological polar surface area (TPSA) is 82.9 Å². The van der Waals surface area contributed by atoms with Crippen LogP contribution in [0.3, 0.4) is 0 Å². The van der Waals surface area contributed by atoms with Gasteiger partial charge in [-0.05, 0) is 11.6 Å². The molecule has 74 valence electrons. The highest BCUT2D eigenvalue weighted by Crippen LogP contribution is 2.26. The van der Waals surface area contributed by atoms with E-state index in [1.165, 1.54) is 6.07 Å². The Hall–Kier alpha value is -1.74. The second-order valence-electron chi connectivity index (χ2n) is 2.54. The summed E-state index contributed by atoms with van der Waals surface area (Å²) in [7, 11) is 0. The Morgan fingerprint density at radius 3 is 2.71 bits per heavy atom. The molecule has 0 atom stereocenters. The van der Waals surface area contributed by atoms with Gasteiger partial charge in [0.25, 0.3) is 6.43 Å². The summed E-state index contributed by atoms with van der Waals surface area (Å²) >= 11 is 0. The number of hydrogen-bond acceptors (Lipinski definition) is 4. The van der Waals surface area contributed by atoms with Crippen LogP contribution in [0.15, 0.2) is 6.07 Å². The first-order valence-electron chi connectivity index (χ1n) is 3.68. The van der Waals surface area contributed by atoms with Crippen molar-refractivity contribution in [3.8, 4) is 6.07 Å².